The Morgan fingerprint density at radius 1 is 1.62 bits per heavy atom. The molecule has 74 valence electrons. The summed E-state index contributed by atoms with van der Waals surface area (Å²) in [6, 6.07) is 0. The molecule has 0 aromatic carbocycles. The van der Waals surface area contributed by atoms with Crippen LogP contribution in [-0.4, -0.2) is 12.1 Å². The minimum absolute atomic E-state index is 0.130. The van der Waals surface area contributed by atoms with Crippen LogP contribution in [0, 0.1) is 11.8 Å². The first kappa shape index (κ1) is 10.3. The Balaban J connectivity index is 2.48. The van der Waals surface area contributed by atoms with E-state index < -0.39 is 0 Å². The van der Waals surface area contributed by atoms with Crippen LogP contribution in [0.25, 0.3) is 0 Å². The molecule has 0 N–H and O–H groups in total. The lowest BCUT2D eigenvalue weighted by Gasteiger charge is -2.17. The monoisotopic (exact) mass is 182 g/mol. The molecule has 0 aliphatic heterocycles. The summed E-state index contributed by atoms with van der Waals surface area (Å²) in [5.41, 5.74) is 0. The van der Waals surface area contributed by atoms with Crippen molar-refractivity contribution in [1.82, 2.24) is 0 Å². The molecule has 1 rings (SSSR count). The smallest absolute Gasteiger partial charge is 0.330 e. The second-order valence-corrected chi connectivity index (χ2v) is 3.92. The summed E-state index contributed by atoms with van der Waals surface area (Å²) in [4.78, 5) is 11.0. The van der Waals surface area contributed by atoms with Gasteiger partial charge in [-0.2, -0.15) is 0 Å². The molecule has 0 spiro atoms. The highest BCUT2D eigenvalue weighted by atomic mass is 16.5. The van der Waals surface area contributed by atoms with Gasteiger partial charge in [0.25, 0.3) is 0 Å². The molecule has 1 aliphatic rings. The van der Waals surface area contributed by atoms with E-state index in [1.165, 1.54) is 12.5 Å². The number of hydrogen-bond donors (Lipinski definition) is 0. The minimum Gasteiger partial charge on any atom is -0.459 e. The maximum Gasteiger partial charge on any atom is 0.330 e. The van der Waals surface area contributed by atoms with Gasteiger partial charge in [-0.1, -0.05) is 20.4 Å². The number of ether oxygens (including phenoxy) is 1. The lowest BCUT2D eigenvalue weighted by Crippen LogP contribution is -2.20. The number of rotatable bonds is 3. The Labute approximate surface area is 80.0 Å². The Kier molecular flexibility index (Phi) is 3.52. The Morgan fingerprint density at radius 3 is 2.85 bits per heavy atom. The van der Waals surface area contributed by atoms with Crippen molar-refractivity contribution >= 4 is 5.97 Å². The molecule has 0 radical (unpaired) electrons. The van der Waals surface area contributed by atoms with E-state index in [0.29, 0.717) is 11.8 Å². The lowest BCUT2D eigenvalue weighted by atomic mass is 10.0. The molecular weight excluding hydrogens is 164 g/mol. The Bertz CT molecular complexity index is 198. The van der Waals surface area contributed by atoms with Crippen molar-refractivity contribution in [3.8, 4) is 0 Å². The summed E-state index contributed by atoms with van der Waals surface area (Å²) < 4.78 is 5.28. The summed E-state index contributed by atoms with van der Waals surface area (Å²) in [6.45, 7) is 7.76. The summed E-state index contributed by atoms with van der Waals surface area (Å²) in [6.07, 6.45) is 4.67. The number of hydrogen-bond acceptors (Lipinski definition) is 2. The first-order valence-electron chi connectivity index (χ1n) is 5.00. The predicted octanol–water partition coefficient (Wildman–Crippen LogP) is 2.54. The van der Waals surface area contributed by atoms with Crippen LogP contribution in [0.5, 0.6) is 0 Å². The van der Waals surface area contributed by atoms with Crippen molar-refractivity contribution in [2.24, 2.45) is 11.8 Å². The highest BCUT2D eigenvalue weighted by Crippen LogP contribution is 2.35. The average Bonchev–Trinajstić information content (AvgIpc) is 2.46. The fourth-order valence-electron chi connectivity index (χ4n) is 2.13. The SMILES string of the molecule is C=CC(=O)OC1CC(C)CC1CC. The van der Waals surface area contributed by atoms with Gasteiger partial charge >= 0.3 is 5.97 Å². The molecule has 1 saturated carbocycles. The van der Waals surface area contributed by atoms with E-state index >= 15 is 0 Å². The highest BCUT2D eigenvalue weighted by molar-refractivity contribution is 5.81. The van der Waals surface area contributed by atoms with E-state index in [0.717, 1.165) is 12.8 Å². The van der Waals surface area contributed by atoms with Gasteiger partial charge in [-0.25, -0.2) is 4.79 Å². The van der Waals surface area contributed by atoms with Crippen LogP contribution in [0.15, 0.2) is 12.7 Å². The van der Waals surface area contributed by atoms with E-state index in [-0.39, 0.29) is 12.1 Å². The Morgan fingerprint density at radius 2 is 2.31 bits per heavy atom. The van der Waals surface area contributed by atoms with Crippen molar-refractivity contribution in [3.63, 3.8) is 0 Å². The van der Waals surface area contributed by atoms with Gasteiger partial charge in [0, 0.05) is 6.08 Å². The van der Waals surface area contributed by atoms with Gasteiger partial charge in [0.15, 0.2) is 0 Å². The number of carbonyl (C=O) groups is 1. The van der Waals surface area contributed by atoms with E-state index in [1.807, 2.05) is 0 Å². The van der Waals surface area contributed by atoms with Crippen LogP contribution in [0.3, 0.4) is 0 Å². The van der Waals surface area contributed by atoms with Crippen LogP contribution in [0.2, 0.25) is 0 Å². The molecule has 3 unspecified atom stereocenters. The third-order valence-electron chi connectivity index (χ3n) is 2.82. The van der Waals surface area contributed by atoms with Crippen LogP contribution >= 0.6 is 0 Å². The summed E-state index contributed by atoms with van der Waals surface area (Å²) in [5.74, 6) is 0.962. The van der Waals surface area contributed by atoms with E-state index in [9.17, 15) is 4.79 Å². The number of carbonyl (C=O) groups excluding carboxylic acids is 1. The number of esters is 1. The maximum absolute atomic E-state index is 11.0. The van der Waals surface area contributed by atoms with Crippen molar-refractivity contribution in [1.29, 1.82) is 0 Å². The fourth-order valence-corrected chi connectivity index (χ4v) is 2.13. The standard InChI is InChI=1S/C11H18O2/c1-4-9-6-8(3)7-10(9)13-11(12)5-2/h5,8-10H,2,4,6-7H2,1,3H3. The quantitative estimate of drug-likeness (QED) is 0.495. The van der Waals surface area contributed by atoms with Gasteiger partial charge in [-0.3, -0.25) is 0 Å². The third kappa shape index (κ3) is 2.58. The predicted molar refractivity (Wildman–Crippen MR) is 52.3 cm³/mol. The fraction of sp³-hybridized carbons (Fsp3) is 0.727. The highest BCUT2D eigenvalue weighted by Gasteiger charge is 2.32. The molecule has 0 saturated heterocycles. The molecule has 0 heterocycles. The third-order valence-corrected chi connectivity index (χ3v) is 2.82. The summed E-state index contributed by atoms with van der Waals surface area (Å²) in [5, 5.41) is 0. The van der Waals surface area contributed by atoms with Crippen molar-refractivity contribution in [2.75, 3.05) is 0 Å². The summed E-state index contributed by atoms with van der Waals surface area (Å²) >= 11 is 0. The first-order valence-corrected chi connectivity index (χ1v) is 5.00. The minimum atomic E-state index is -0.280. The van der Waals surface area contributed by atoms with E-state index in [1.54, 1.807) is 0 Å². The molecule has 0 aromatic rings. The first-order chi connectivity index (χ1) is 6.17. The molecule has 1 fully saturated rings. The van der Waals surface area contributed by atoms with E-state index in [4.69, 9.17) is 4.74 Å². The van der Waals surface area contributed by atoms with Crippen molar-refractivity contribution in [2.45, 2.75) is 39.2 Å². The molecule has 2 heteroatoms. The molecule has 2 nitrogen and oxygen atoms in total. The molecule has 0 aromatic heterocycles. The molecule has 3 atom stereocenters. The summed E-state index contributed by atoms with van der Waals surface area (Å²) in [7, 11) is 0. The zero-order valence-corrected chi connectivity index (χ0v) is 8.45. The molecule has 0 amide bonds. The second kappa shape index (κ2) is 4.45. The van der Waals surface area contributed by atoms with Gasteiger partial charge < -0.3 is 4.74 Å². The van der Waals surface area contributed by atoms with Crippen LogP contribution in [-0.2, 0) is 9.53 Å². The van der Waals surface area contributed by atoms with Gasteiger partial charge in [0.1, 0.15) is 6.10 Å². The molecule has 1 aliphatic carbocycles. The normalized spacial score (nSPS) is 32.9. The zero-order valence-electron chi connectivity index (χ0n) is 8.45. The largest absolute Gasteiger partial charge is 0.459 e. The van der Waals surface area contributed by atoms with Crippen LogP contribution in [0.4, 0.5) is 0 Å². The van der Waals surface area contributed by atoms with Crippen molar-refractivity contribution < 1.29 is 9.53 Å². The Hall–Kier alpha value is -0.790. The van der Waals surface area contributed by atoms with Crippen molar-refractivity contribution in [3.05, 3.63) is 12.7 Å². The maximum atomic E-state index is 11.0. The van der Waals surface area contributed by atoms with E-state index in [2.05, 4.69) is 20.4 Å². The molecule has 13 heavy (non-hydrogen) atoms. The van der Waals surface area contributed by atoms with Gasteiger partial charge in [0.2, 0.25) is 0 Å². The van der Waals surface area contributed by atoms with Gasteiger partial charge in [-0.15, -0.1) is 0 Å². The average molecular weight is 182 g/mol. The molecule has 0 bridgehead atoms. The second-order valence-electron chi connectivity index (χ2n) is 3.92. The van der Waals surface area contributed by atoms with Gasteiger partial charge in [-0.05, 0) is 31.1 Å². The molecular formula is C11H18O2. The topological polar surface area (TPSA) is 26.3 Å². The van der Waals surface area contributed by atoms with Crippen LogP contribution < -0.4 is 0 Å². The lowest BCUT2D eigenvalue weighted by molar-refractivity contribution is -0.144. The van der Waals surface area contributed by atoms with Gasteiger partial charge in [0.05, 0.1) is 0 Å². The van der Waals surface area contributed by atoms with Crippen LogP contribution in [0.1, 0.15) is 33.1 Å². The zero-order chi connectivity index (χ0) is 9.84.